The standard InChI is InChI=1S/C32H24N2O9S/c35-27-26-22(16-17-44-26)34(32(39)33-27)28-25(43-31(38)21-14-8-3-9-15-21)24(42-30(37)20-12-6-2-7-13-20)23(41-28)18-40-29(36)19-10-4-1-5-11-19/h1-17,23-25,28H,18H2,(H,33,35,39)/t23-,24?,25?,28?/m1/s1. The van der Waals surface area contributed by atoms with E-state index in [0.717, 1.165) is 15.9 Å². The van der Waals surface area contributed by atoms with E-state index in [0.29, 0.717) is 0 Å². The van der Waals surface area contributed by atoms with E-state index >= 15 is 0 Å². The molecule has 12 heteroatoms. The van der Waals surface area contributed by atoms with Gasteiger partial charge in [0.1, 0.15) is 17.4 Å². The van der Waals surface area contributed by atoms with Crippen LogP contribution >= 0.6 is 11.3 Å². The van der Waals surface area contributed by atoms with Crippen molar-refractivity contribution in [2.24, 2.45) is 0 Å². The normalized spacial score (nSPS) is 19.4. The van der Waals surface area contributed by atoms with Gasteiger partial charge in [-0.2, -0.15) is 0 Å². The molecule has 3 unspecified atom stereocenters. The molecule has 2 aromatic heterocycles. The van der Waals surface area contributed by atoms with Crippen LogP contribution in [-0.4, -0.2) is 52.4 Å². The third kappa shape index (κ3) is 5.80. The molecular weight excluding hydrogens is 588 g/mol. The summed E-state index contributed by atoms with van der Waals surface area (Å²) in [7, 11) is 0. The molecule has 0 amide bonds. The smallest absolute Gasteiger partial charge is 0.338 e. The minimum Gasteiger partial charge on any atom is -0.459 e. The summed E-state index contributed by atoms with van der Waals surface area (Å²) < 4.78 is 25.0. The zero-order chi connectivity index (χ0) is 30.6. The summed E-state index contributed by atoms with van der Waals surface area (Å²) in [5.41, 5.74) is -0.499. The van der Waals surface area contributed by atoms with Crippen LogP contribution in [0.1, 0.15) is 37.3 Å². The third-order valence-electron chi connectivity index (χ3n) is 6.98. The Labute approximate surface area is 253 Å². The fraction of sp³-hybridized carbons (Fsp3) is 0.156. The van der Waals surface area contributed by atoms with Crippen molar-refractivity contribution < 1.29 is 33.3 Å². The van der Waals surface area contributed by atoms with Gasteiger partial charge < -0.3 is 18.9 Å². The second-order valence-electron chi connectivity index (χ2n) is 9.77. The Balaban J connectivity index is 1.41. The average molecular weight is 613 g/mol. The predicted octanol–water partition coefficient (Wildman–Crippen LogP) is 3.96. The molecule has 44 heavy (non-hydrogen) atoms. The van der Waals surface area contributed by atoms with Gasteiger partial charge in [0.2, 0.25) is 0 Å². The number of hydrogen-bond donors (Lipinski definition) is 1. The zero-order valence-corrected chi connectivity index (χ0v) is 23.7. The lowest BCUT2D eigenvalue weighted by Crippen LogP contribution is -2.43. The molecule has 222 valence electrons. The first-order valence-corrected chi connectivity index (χ1v) is 14.4. The van der Waals surface area contributed by atoms with E-state index in [-0.39, 0.29) is 26.9 Å². The van der Waals surface area contributed by atoms with Gasteiger partial charge in [0.05, 0.1) is 22.2 Å². The van der Waals surface area contributed by atoms with Crippen LogP contribution in [0.25, 0.3) is 10.2 Å². The summed E-state index contributed by atoms with van der Waals surface area (Å²) in [5.74, 6) is -2.19. The summed E-state index contributed by atoms with van der Waals surface area (Å²) in [5, 5.41) is 1.63. The largest absolute Gasteiger partial charge is 0.459 e. The first-order chi connectivity index (χ1) is 21.4. The highest BCUT2D eigenvalue weighted by Crippen LogP contribution is 2.36. The molecule has 1 aliphatic heterocycles. The minimum absolute atomic E-state index is 0.202. The molecule has 4 atom stereocenters. The topological polar surface area (TPSA) is 143 Å². The highest BCUT2D eigenvalue weighted by Gasteiger charge is 2.52. The number of esters is 3. The second-order valence-corrected chi connectivity index (χ2v) is 10.7. The lowest BCUT2D eigenvalue weighted by atomic mass is 10.1. The maximum Gasteiger partial charge on any atom is 0.338 e. The quantitative estimate of drug-likeness (QED) is 0.204. The van der Waals surface area contributed by atoms with Crippen molar-refractivity contribution in [1.29, 1.82) is 0 Å². The van der Waals surface area contributed by atoms with Crippen LogP contribution in [0.4, 0.5) is 0 Å². The van der Waals surface area contributed by atoms with Crippen molar-refractivity contribution in [1.82, 2.24) is 9.55 Å². The number of benzene rings is 3. The molecule has 3 heterocycles. The number of hydrogen-bond acceptors (Lipinski definition) is 10. The van der Waals surface area contributed by atoms with E-state index in [2.05, 4.69) is 4.98 Å². The summed E-state index contributed by atoms with van der Waals surface area (Å²) in [6.45, 7) is -0.415. The highest BCUT2D eigenvalue weighted by molar-refractivity contribution is 7.17. The van der Waals surface area contributed by atoms with Gasteiger partial charge in [-0.25, -0.2) is 19.2 Å². The Morgan fingerprint density at radius 2 is 1.25 bits per heavy atom. The molecule has 0 bridgehead atoms. The SMILES string of the molecule is O=C(OC[C@H]1OC(n2c(=O)[nH]c(=O)c3sccc32)C(OC(=O)c2ccccc2)C1OC(=O)c1ccccc1)c1ccccc1. The second kappa shape index (κ2) is 12.5. The molecule has 1 fully saturated rings. The van der Waals surface area contributed by atoms with Crippen molar-refractivity contribution in [3.8, 4) is 0 Å². The van der Waals surface area contributed by atoms with E-state index < -0.39 is 60.3 Å². The first kappa shape index (κ1) is 28.8. The number of aromatic amines is 1. The van der Waals surface area contributed by atoms with Crippen molar-refractivity contribution in [3.63, 3.8) is 0 Å². The van der Waals surface area contributed by atoms with Crippen LogP contribution in [0.5, 0.6) is 0 Å². The Hall–Kier alpha value is -5.33. The van der Waals surface area contributed by atoms with E-state index in [1.54, 1.807) is 102 Å². The maximum atomic E-state index is 13.3. The Bertz CT molecular complexity index is 1920. The number of aromatic nitrogens is 2. The van der Waals surface area contributed by atoms with Crippen LogP contribution < -0.4 is 11.2 Å². The summed E-state index contributed by atoms with van der Waals surface area (Å²) >= 11 is 1.11. The molecular formula is C32H24N2O9S. The Kier molecular flexibility index (Phi) is 8.17. The monoisotopic (exact) mass is 612 g/mol. The molecule has 0 saturated carbocycles. The molecule has 1 N–H and O–H groups in total. The van der Waals surface area contributed by atoms with Gasteiger partial charge in [0, 0.05) is 0 Å². The average Bonchev–Trinajstić information content (AvgIpc) is 3.67. The van der Waals surface area contributed by atoms with Crippen LogP contribution in [-0.2, 0) is 18.9 Å². The summed E-state index contributed by atoms with van der Waals surface area (Å²) in [6.07, 6.45) is -5.29. The number of carbonyl (C=O) groups is 3. The van der Waals surface area contributed by atoms with E-state index in [1.807, 2.05) is 0 Å². The number of nitrogens with one attached hydrogen (secondary N) is 1. The first-order valence-electron chi connectivity index (χ1n) is 13.5. The van der Waals surface area contributed by atoms with Crippen LogP contribution in [0.3, 0.4) is 0 Å². The molecule has 0 aliphatic carbocycles. The van der Waals surface area contributed by atoms with E-state index in [9.17, 15) is 24.0 Å². The van der Waals surface area contributed by atoms with Crippen LogP contribution in [0, 0.1) is 0 Å². The minimum atomic E-state index is -1.40. The highest BCUT2D eigenvalue weighted by atomic mass is 32.1. The van der Waals surface area contributed by atoms with Crippen molar-refractivity contribution >= 4 is 39.5 Å². The summed E-state index contributed by atoms with van der Waals surface area (Å²) in [4.78, 5) is 67.5. The Morgan fingerprint density at radius 1 is 0.727 bits per heavy atom. The van der Waals surface area contributed by atoms with Crippen LogP contribution in [0.15, 0.2) is 112 Å². The number of rotatable bonds is 8. The molecule has 0 spiro atoms. The van der Waals surface area contributed by atoms with Gasteiger partial charge in [-0.3, -0.25) is 14.3 Å². The molecule has 11 nitrogen and oxygen atoms in total. The predicted molar refractivity (Wildman–Crippen MR) is 159 cm³/mol. The lowest BCUT2D eigenvalue weighted by Gasteiger charge is -2.25. The molecule has 3 aromatic carbocycles. The van der Waals surface area contributed by atoms with Gasteiger partial charge in [0.25, 0.3) is 5.56 Å². The third-order valence-corrected chi connectivity index (χ3v) is 7.89. The van der Waals surface area contributed by atoms with Gasteiger partial charge >= 0.3 is 23.6 Å². The maximum absolute atomic E-state index is 13.3. The Morgan fingerprint density at radius 3 is 1.82 bits per heavy atom. The number of fused-ring (bicyclic) bond motifs is 1. The number of H-pyrrole nitrogens is 1. The van der Waals surface area contributed by atoms with Gasteiger partial charge in [-0.15, -0.1) is 11.3 Å². The molecule has 0 radical (unpaired) electrons. The molecule has 1 saturated heterocycles. The molecule has 1 aliphatic rings. The number of carbonyl (C=O) groups excluding carboxylic acids is 3. The number of nitrogens with zero attached hydrogens (tertiary/aromatic N) is 1. The zero-order valence-electron chi connectivity index (χ0n) is 22.9. The number of thiophene rings is 1. The van der Waals surface area contributed by atoms with Crippen LogP contribution in [0.2, 0.25) is 0 Å². The van der Waals surface area contributed by atoms with Crippen molar-refractivity contribution in [2.75, 3.05) is 6.61 Å². The van der Waals surface area contributed by atoms with Gasteiger partial charge in [-0.1, -0.05) is 54.6 Å². The van der Waals surface area contributed by atoms with Gasteiger partial charge in [0.15, 0.2) is 18.4 Å². The fourth-order valence-electron chi connectivity index (χ4n) is 4.90. The molecule has 6 rings (SSSR count). The fourth-order valence-corrected chi connectivity index (χ4v) is 5.68. The molecule has 5 aromatic rings. The summed E-state index contributed by atoms with van der Waals surface area (Å²) in [6, 6.07) is 26.1. The van der Waals surface area contributed by atoms with E-state index in [1.165, 1.54) is 0 Å². The van der Waals surface area contributed by atoms with Gasteiger partial charge in [-0.05, 0) is 47.8 Å². The lowest BCUT2D eigenvalue weighted by molar-refractivity contribution is -0.0620. The van der Waals surface area contributed by atoms with E-state index in [4.69, 9.17) is 18.9 Å². The number of ether oxygens (including phenoxy) is 4. The van der Waals surface area contributed by atoms with Crippen molar-refractivity contribution in [2.45, 2.75) is 24.5 Å². The van der Waals surface area contributed by atoms with Crippen molar-refractivity contribution in [3.05, 3.63) is 140 Å².